The van der Waals surface area contributed by atoms with Crippen LogP contribution in [-0.4, -0.2) is 27.1 Å². The van der Waals surface area contributed by atoms with Crippen LogP contribution in [0.2, 0.25) is 19.1 Å². The van der Waals surface area contributed by atoms with Crippen molar-refractivity contribution in [3.8, 4) is 0 Å². The highest BCUT2D eigenvalue weighted by atomic mass is 28.4. The average Bonchev–Trinajstić information content (AvgIpc) is 3.02. The molecule has 0 aromatic carbocycles. The van der Waals surface area contributed by atoms with Gasteiger partial charge in [0, 0.05) is 6.61 Å². The van der Waals surface area contributed by atoms with Crippen molar-refractivity contribution in [2.75, 3.05) is 6.61 Å². The maximum atomic E-state index is 6.01. The smallest absolute Gasteiger partial charge is 0.186 e. The Balaban J connectivity index is 1.65. The Morgan fingerprint density at radius 3 is 2.75 bits per heavy atom. The third kappa shape index (κ3) is 3.57. The van der Waals surface area contributed by atoms with E-state index in [2.05, 4.69) is 20.0 Å². The van der Waals surface area contributed by atoms with E-state index in [1.807, 2.05) is 0 Å². The molecule has 2 rings (SSSR count). The lowest BCUT2D eigenvalue weighted by atomic mass is 9.88. The molecule has 0 N–H and O–H groups in total. The minimum atomic E-state index is -1.36. The predicted molar refractivity (Wildman–Crippen MR) is 69.2 cm³/mol. The second-order valence-corrected chi connectivity index (χ2v) is 10.3. The van der Waals surface area contributed by atoms with Gasteiger partial charge in [-0.25, -0.2) is 0 Å². The molecule has 94 valence electrons. The molecule has 1 aliphatic carbocycles. The molecule has 1 saturated carbocycles. The standard InChI is InChI=1S/C13H26O2Si/c1-4-8-14-16(2,3)9-7-11-5-6-12-13(10-11)15-12/h11-13H,4-10H2,1-3H3. The first kappa shape index (κ1) is 12.6. The van der Waals surface area contributed by atoms with E-state index in [4.69, 9.17) is 9.16 Å². The molecule has 2 aliphatic rings. The molecule has 16 heavy (non-hydrogen) atoms. The van der Waals surface area contributed by atoms with Gasteiger partial charge in [0.05, 0.1) is 12.2 Å². The van der Waals surface area contributed by atoms with Gasteiger partial charge >= 0.3 is 0 Å². The Labute approximate surface area is 101 Å². The first-order valence-corrected chi connectivity index (χ1v) is 10.0. The van der Waals surface area contributed by atoms with Gasteiger partial charge in [-0.15, -0.1) is 0 Å². The molecule has 3 unspecified atom stereocenters. The number of rotatable bonds is 6. The van der Waals surface area contributed by atoms with Crippen molar-refractivity contribution in [2.24, 2.45) is 5.92 Å². The monoisotopic (exact) mass is 242 g/mol. The number of hydrogen-bond donors (Lipinski definition) is 0. The molecule has 0 bridgehead atoms. The summed E-state index contributed by atoms with van der Waals surface area (Å²) in [6.07, 6.45) is 7.83. The first-order chi connectivity index (χ1) is 7.61. The van der Waals surface area contributed by atoms with Gasteiger partial charge in [0.2, 0.25) is 0 Å². The van der Waals surface area contributed by atoms with Crippen molar-refractivity contribution >= 4 is 8.32 Å². The zero-order valence-corrected chi connectivity index (χ0v) is 12.0. The molecule has 1 heterocycles. The maximum absolute atomic E-state index is 6.01. The summed E-state index contributed by atoms with van der Waals surface area (Å²) in [7, 11) is -1.36. The molecular formula is C13H26O2Si. The summed E-state index contributed by atoms with van der Waals surface area (Å²) in [5.74, 6) is 0.917. The third-order valence-corrected chi connectivity index (χ3v) is 6.44. The number of hydrogen-bond acceptors (Lipinski definition) is 2. The van der Waals surface area contributed by atoms with Crippen LogP contribution in [0.3, 0.4) is 0 Å². The van der Waals surface area contributed by atoms with Crippen LogP contribution < -0.4 is 0 Å². The van der Waals surface area contributed by atoms with Crippen molar-refractivity contribution in [3.05, 3.63) is 0 Å². The van der Waals surface area contributed by atoms with Crippen molar-refractivity contribution in [2.45, 2.75) is 70.4 Å². The maximum Gasteiger partial charge on any atom is 0.186 e. The van der Waals surface area contributed by atoms with E-state index in [9.17, 15) is 0 Å². The van der Waals surface area contributed by atoms with Crippen LogP contribution in [0, 0.1) is 5.92 Å². The lowest BCUT2D eigenvalue weighted by molar-refractivity contribution is 0.298. The van der Waals surface area contributed by atoms with E-state index in [0.29, 0.717) is 12.2 Å². The fraction of sp³-hybridized carbons (Fsp3) is 1.00. The van der Waals surface area contributed by atoms with Crippen LogP contribution in [0.1, 0.15) is 39.0 Å². The topological polar surface area (TPSA) is 21.8 Å². The molecule has 0 spiro atoms. The van der Waals surface area contributed by atoms with Gasteiger partial charge in [-0.2, -0.15) is 0 Å². The summed E-state index contributed by atoms with van der Waals surface area (Å²) in [6.45, 7) is 7.87. The Morgan fingerprint density at radius 1 is 1.25 bits per heavy atom. The Hall–Kier alpha value is 0.137. The zero-order chi connectivity index (χ0) is 11.6. The van der Waals surface area contributed by atoms with Crippen LogP contribution >= 0.6 is 0 Å². The van der Waals surface area contributed by atoms with E-state index in [0.717, 1.165) is 18.9 Å². The lowest BCUT2D eigenvalue weighted by Gasteiger charge is -2.26. The predicted octanol–water partition coefficient (Wildman–Crippen LogP) is 3.58. The molecule has 2 fully saturated rings. The summed E-state index contributed by atoms with van der Waals surface area (Å²) < 4.78 is 11.6. The van der Waals surface area contributed by atoms with Gasteiger partial charge < -0.3 is 9.16 Å². The molecular weight excluding hydrogens is 216 g/mol. The first-order valence-electron chi connectivity index (χ1n) is 6.90. The summed E-state index contributed by atoms with van der Waals surface area (Å²) in [5, 5.41) is 0. The highest BCUT2D eigenvalue weighted by Crippen LogP contribution is 2.41. The SMILES string of the molecule is CCCO[Si](C)(C)CCC1CCC2OC2C1. The fourth-order valence-electron chi connectivity index (χ4n) is 2.75. The minimum absolute atomic E-state index is 0.639. The van der Waals surface area contributed by atoms with Crippen LogP contribution in [0.5, 0.6) is 0 Å². The van der Waals surface area contributed by atoms with Crippen molar-refractivity contribution < 1.29 is 9.16 Å². The van der Waals surface area contributed by atoms with Crippen LogP contribution in [-0.2, 0) is 9.16 Å². The van der Waals surface area contributed by atoms with Crippen LogP contribution in [0.15, 0.2) is 0 Å². The van der Waals surface area contributed by atoms with Crippen LogP contribution in [0.25, 0.3) is 0 Å². The highest BCUT2D eigenvalue weighted by molar-refractivity contribution is 6.71. The second kappa shape index (κ2) is 5.19. The van der Waals surface area contributed by atoms with Gasteiger partial charge in [0.15, 0.2) is 8.32 Å². The summed E-state index contributed by atoms with van der Waals surface area (Å²) in [6, 6.07) is 1.33. The van der Waals surface area contributed by atoms with Crippen LogP contribution in [0.4, 0.5) is 0 Å². The lowest BCUT2D eigenvalue weighted by Crippen LogP contribution is -2.31. The largest absolute Gasteiger partial charge is 0.417 e. The highest BCUT2D eigenvalue weighted by Gasteiger charge is 2.43. The molecule has 3 heteroatoms. The summed E-state index contributed by atoms with van der Waals surface area (Å²) in [5.41, 5.74) is 0. The van der Waals surface area contributed by atoms with E-state index in [1.54, 1.807) is 0 Å². The summed E-state index contributed by atoms with van der Waals surface area (Å²) >= 11 is 0. The zero-order valence-electron chi connectivity index (χ0n) is 11.0. The molecule has 0 amide bonds. The number of ether oxygens (including phenoxy) is 1. The molecule has 0 aromatic heterocycles. The average molecular weight is 242 g/mol. The van der Waals surface area contributed by atoms with E-state index < -0.39 is 8.32 Å². The van der Waals surface area contributed by atoms with E-state index >= 15 is 0 Å². The van der Waals surface area contributed by atoms with Gasteiger partial charge in [-0.1, -0.05) is 13.3 Å². The minimum Gasteiger partial charge on any atom is -0.417 e. The van der Waals surface area contributed by atoms with Gasteiger partial charge in [0.1, 0.15) is 0 Å². The number of fused-ring (bicyclic) bond motifs is 1. The van der Waals surface area contributed by atoms with E-state index in [1.165, 1.54) is 31.7 Å². The molecule has 0 aromatic rings. The molecule has 3 atom stereocenters. The normalized spacial score (nSPS) is 33.6. The fourth-order valence-corrected chi connectivity index (χ4v) is 4.76. The van der Waals surface area contributed by atoms with Crippen molar-refractivity contribution in [1.29, 1.82) is 0 Å². The third-order valence-electron chi connectivity index (χ3n) is 3.96. The molecule has 0 radical (unpaired) electrons. The molecule has 1 aliphatic heterocycles. The van der Waals surface area contributed by atoms with Gasteiger partial charge in [0.25, 0.3) is 0 Å². The second-order valence-electron chi connectivity index (χ2n) is 6.04. The molecule has 2 nitrogen and oxygen atoms in total. The molecule has 1 saturated heterocycles. The Morgan fingerprint density at radius 2 is 2.06 bits per heavy atom. The Bertz CT molecular complexity index is 230. The van der Waals surface area contributed by atoms with Gasteiger partial charge in [-0.3, -0.25) is 0 Å². The summed E-state index contributed by atoms with van der Waals surface area (Å²) in [4.78, 5) is 0. The Kier molecular flexibility index (Phi) is 4.09. The van der Waals surface area contributed by atoms with Gasteiger partial charge in [-0.05, 0) is 50.7 Å². The quantitative estimate of drug-likeness (QED) is 0.524. The van der Waals surface area contributed by atoms with Crippen molar-refractivity contribution in [3.63, 3.8) is 0 Å². The van der Waals surface area contributed by atoms with E-state index in [-0.39, 0.29) is 0 Å². The van der Waals surface area contributed by atoms with Crippen molar-refractivity contribution in [1.82, 2.24) is 0 Å². The number of epoxide rings is 1.